The van der Waals surface area contributed by atoms with Crippen molar-refractivity contribution >= 4 is 5.69 Å². The van der Waals surface area contributed by atoms with E-state index in [1.165, 1.54) is 37.1 Å². The van der Waals surface area contributed by atoms with Gasteiger partial charge in [-0.25, -0.2) is 0 Å². The van der Waals surface area contributed by atoms with Crippen molar-refractivity contribution in [2.45, 2.75) is 38.6 Å². The highest BCUT2D eigenvalue weighted by atomic mass is 15.1. The van der Waals surface area contributed by atoms with Gasteiger partial charge in [-0.2, -0.15) is 0 Å². The Morgan fingerprint density at radius 2 is 1.94 bits per heavy atom. The zero-order valence-corrected chi connectivity index (χ0v) is 11.9. The molecular formula is C16H26N2. The van der Waals surface area contributed by atoms with Gasteiger partial charge in [0.25, 0.3) is 0 Å². The number of anilines is 1. The van der Waals surface area contributed by atoms with E-state index >= 15 is 0 Å². The summed E-state index contributed by atoms with van der Waals surface area (Å²) in [5, 5.41) is 3.35. The molecule has 1 aliphatic carbocycles. The van der Waals surface area contributed by atoms with Gasteiger partial charge in [0.1, 0.15) is 0 Å². The van der Waals surface area contributed by atoms with Gasteiger partial charge in [0.15, 0.2) is 0 Å². The highest BCUT2D eigenvalue weighted by Crippen LogP contribution is 2.28. The van der Waals surface area contributed by atoms with Crippen LogP contribution in [0.25, 0.3) is 0 Å². The molecule has 1 aromatic rings. The first-order valence-corrected chi connectivity index (χ1v) is 7.23. The van der Waals surface area contributed by atoms with Gasteiger partial charge in [-0.3, -0.25) is 0 Å². The summed E-state index contributed by atoms with van der Waals surface area (Å²) >= 11 is 0. The lowest BCUT2D eigenvalue weighted by Crippen LogP contribution is -2.29. The van der Waals surface area contributed by atoms with E-state index in [1.807, 2.05) is 7.05 Å². The molecule has 0 saturated heterocycles. The molecule has 0 amide bonds. The number of hydrogen-bond donors (Lipinski definition) is 1. The first-order chi connectivity index (χ1) is 8.74. The number of hydrogen-bond acceptors (Lipinski definition) is 2. The first-order valence-electron chi connectivity index (χ1n) is 7.23. The Kier molecular flexibility index (Phi) is 4.65. The highest BCUT2D eigenvalue weighted by Gasteiger charge is 2.19. The molecule has 0 aliphatic heterocycles. The molecule has 0 spiro atoms. The van der Waals surface area contributed by atoms with E-state index in [9.17, 15) is 0 Å². The molecule has 1 saturated carbocycles. The second-order valence-corrected chi connectivity index (χ2v) is 5.52. The molecule has 1 fully saturated rings. The molecule has 2 heteroatoms. The summed E-state index contributed by atoms with van der Waals surface area (Å²) in [6, 6.07) is 9.52. The molecule has 0 aromatic heterocycles. The van der Waals surface area contributed by atoms with Crippen molar-refractivity contribution in [3.8, 4) is 0 Å². The lowest BCUT2D eigenvalue weighted by molar-refractivity contribution is 0.321. The maximum Gasteiger partial charge on any atom is 0.0363 e. The topological polar surface area (TPSA) is 15.3 Å². The van der Waals surface area contributed by atoms with Crippen molar-refractivity contribution in [3.63, 3.8) is 0 Å². The third kappa shape index (κ3) is 3.05. The normalized spacial score (nSPS) is 17.3. The summed E-state index contributed by atoms with van der Waals surface area (Å²) in [6.07, 6.45) is 5.39. The monoisotopic (exact) mass is 246 g/mol. The van der Waals surface area contributed by atoms with Gasteiger partial charge < -0.3 is 10.2 Å². The summed E-state index contributed by atoms with van der Waals surface area (Å²) in [5.41, 5.74) is 2.73. The third-order valence-corrected chi connectivity index (χ3v) is 4.25. The maximum atomic E-state index is 3.35. The molecule has 1 unspecified atom stereocenters. The molecule has 1 aliphatic rings. The smallest absolute Gasteiger partial charge is 0.0363 e. The SMILES string of the molecule is CCC(NC)c1ccc(N(C)CC2CCC2)cc1. The molecule has 0 radical (unpaired) electrons. The molecule has 2 rings (SSSR count). The average molecular weight is 246 g/mol. The van der Waals surface area contributed by atoms with Crippen molar-refractivity contribution in [2.24, 2.45) is 5.92 Å². The van der Waals surface area contributed by atoms with E-state index in [0.717, 1.165) is 12.3 Å². The molecule has 1 atom stereocenters. The van der Waals surface area contributed by atoms with Crippen LogP contribution in [0.3, 0.4) is 0 Å². The van der Waals surface area contributed by atoms with Gasteiger partial charge in [0.2, 0.25) is 0 Å². The van der Waals surface area contributed by atoms with Crippen LogP contribution in [0.2, 0.25) is 0 Å². The summed E-state index contributed by atoms with van der Waals surface area (Å²) in [7, 11) is 4.24. The van der Waals surface area contributed by atoms with Crippen molar-refractivity contribution in [1.82, 2.24) is 5.32 Å². The second kappa shape index (κ2) is 6.24. The van der Waals surface area contributed by atoms with Crippen LogP contribution in [-0.2, 0) is 0 Å². The fourth-order valence-corrected chi connectivity index (χ4v) is 2.74. The van der Waals surface area contributed by atoms with E-state index in [-0.39, 0.29) is 0 Å². The highest BCUT2D eigenvalue weighted by molar-refractivity contribution is 5.47. The van der Waals surface area contributed by atoms with Gasteiger partial charge in [-0.15, -0.1) is 0 Å². The van der Waals surface area contributed by atoms with E-state index in [4.69, 9.17) is 0 Å². The van der Waals surface area contributed by atoms with Gasteiger partial charge in [0.05, 0.1) is 0 Å². The maximum absolute atomic E-state index is 3.35. The van der Waals surface area contributed by atoms with Crippen molar-refractivity contribution in [1.29, 1.82) is 0 Å². The van der Waals surface area contributed by atoms with Crippen LogP contribution in [-0.4, -0.2) is 20.6 Å². The minimum atomic E-state index is 0.482. The minimum absolute atomic E-state index is 0.482. The van der Waals surface area contributed by atoms with Gasteiger partial charge in [-0.1, -0.05) is 25.5 Å². The van der Waals surface area contributed by atoms with Gasteiger partial charge >= 0.3 is 0 Å². The molecule has 0 heterocycles. The third-order valence-electron chi connectivity index (χ3n) is 4.25. The summed E-state index contributed by atoms with van der Waals surface area (Å²) < 4.78 is 0. The van der Waals surface area contributed by atoms with E-state index < -0.39 is 0 Å². The summed E-state index contributed by atoms with van der Waals surface area (Å²) in [4.78, 5) is 2.40. The Morgan fingerprint density at radius 3 is 2.39 bits per heavy atom. The van der Waals surface area contributed by atoms with Gasteiger partial charge in [0, 0.05) is 25.3 Å². The lowest BCUT2D eigenvalue weighted by Gasteiger charge is -2.31. The van der Waals surface area contributed by atoms with Crippen LogP contribution in [0, 0.1) is 5.92 Å². The van der Waals surface area contributed by atoms with Gasteiger partial charge in [-0.05, 0) is 49.9 Å². The fourth-order valence-electron chi connectivity index (χ4n) is 2.74. The Hall–Kier alpha value is -1.02. The molecular weight excluding hydrogens is 220 g/mol. The molecule has 100 valence electrons. The van der Waals surface area contributed by atoms with Crippen LogP contribution < -0.4 is 10.2 Å². The zero-order valence-electron chi connectivity index (χ0n) is 11.9. The van der Waals surface area contributed by atoms with Crippen molar-refractivity contribution in [2.75, 3.05) is 25.5 Å². The van der Waals surface area contributed by atoms with Crippen LogP contribution in [0.4, 0.5) is 5.69 Å². The summed E-state index contributed by atoms with van der Waals surface area (Å²) in [5.74, 6) is 0.926. The number of rotatable bonds is 6. The molecule has 18 heavy (non-hydrogen) atoms. The Bertz CT molecular complexity index is 350. The lowest BCUT2D eigenvalue weighted by atomic mass is 9.85. The number of nitrogens with zero attached hydrogens (tertiary/aromatic N) is 1. The quantitative estimate of drug-likeness (QED) is 0.825. The second-order valence-electron chi connectivity index (χ2n) is 5.52. The zero-order chi connectivity index (χ0) is 13.0. The van der Waals surface area contributed by atoms with Crippen molar-refractivity contribution in [3.05, 3.63) is 29.8 Å². The Balaban J connectivity index is 1.97. The van der Waals surface area contributed by atoms with Crippen LogP contribution in [0.1, 0.15) is 44.2 Å². The molecule has 1 aromatic carbocycles. The van der Waals surface area contributed by atoms with E-state index in [2.05, 4.69) is 48.5 Å². The Labute approximate surface area is 111 Å². The standard InChI is InChI=1S/C16H26N2/c1-4-16(17-2)14-8-10-15(11-9-14)18(3)12-13-6-5-7-13/h8-11,13,16-17H,4-7,12H2,1-3H3. The van der Waals surface area contributed by atoms with E-state index in [1.54, 1.807) is 0 Å². The van der Waals surface area contributed by atoms with Crippen LogP contribution in [0.15, 0.2) is 24.3 Å². The Morgan fingerprint density at radius 1 is 1.28 bits per heavy atom. The number of nitrogens with one attached hydrogen (secondary N) is 1. The predicted octanol–water partition coefficient (Wildman–Crippen LogP) is 3.59. The number of benzene rings is 1. The molecule has 1 N–H and O–H groups in total. The summed E-state index contributed by atoms with van der Waals surface area (Å²) in [6.45, 7) is 3.43. The first kappa shape index (κ1) is 13.4. The van der Waals surface area contributed by atoms with Crippen LogP contribution in [0.5, 0.6) is 0 Å². The largest absolute Gasteiger partial charge is 0.374 e. The fraction of sp³-hybridized carbons (Fsp3) is 0.625. The van der Waals surface area contributed by atoms with Crippen LogP contribution >= 0.6 is 0 Å². The average Bonchev–Trinajstić information content (AvgIpc) is 2.36. The minimum Gasteiger partial charge on any atom is -0.374 e. The molecule has 0 bridgehead atoms. The van der Waals surface area contributed by atoms with E-state index in [0.29, 0.717) is 6.04 Å². The predicted molar refractivity (Wildman–Crippen MR) is 79.1 cm³/mol. The van der Waals surface area contributed by atoms with Crippen molar-refractivity contribution < 1.29 is 0 Å². The molecule has 2 nitrogen and oxygen atoms in total.